The van der Waals surface area contributed by atoms with Crippen molar-refractivity contribution < 1.29 is 4.39 Å². The predicted molar refractivity (Wildman–Crippen MR) is 144 cm³/mol. The van der Waals surface area contributed by atoms with Gasteiger partial charge in [0, 0.05) is 48.4 Å². The average Bonchev–Trinajstić information content (AvgIpc) is 3.31. The number of anilines is 1. The van der Waals surface area contributed by atoms with Gasteiger partial charge in [-0.1, -0.05) is 18.5 Å². The minimum Gasteiger partial charge on any atom is -0.356 e. The van der Waals surface area contributed by atoms with Gasteiger partial charge in [-0.2, -0.15) is 0 Å². The van der Waals surface area contributed by atoms with Crippen LogP contribution in [0.2, 0.25) is 5.02 Å². The number of halogens is 2. The molecule has 1 aromatic carbocycles. The van der Waals surface area contributed by atoms with Crippen molar-refractivity contribution in [2.45, 2.75) is 58.8 Å². The lowest BCUT2D eigenvalue weighted by Crippen LogP contribution is -2.37. The maximum Gasteiger partial charge on any atom is 0.175 e. The Morgan fingerprint density at radius 2 is 2.06 bits per heavy atom. The largest absolute Gasteiger partial charge is 0.356 e. The number of aryl methyl sites for hydroxylation is 2. The fourth-order valence-electron chi connectivity index (χ4n) is 5.74. The number of hydrogen-bond donors (Lipinski definition) is 0. The van der Waals surface area contributed by atoms with Crippen molar-refractivity contribution in [1.82, 2.24) is 15.0 Å². The number of piperidine rings is 1. The molecule has 3 aromatic rings. The van der Waals surface area contributed by atoms with E-state index in [0.717, 1.165) is 79.2 Å². The Morgan fingerprint density at radius 3 is 2.92 bits per heavy atom. The second-order valence-electron chi connectivity index (χ2n) is 10.2. The van der Waals surface area contributed by atoms with Crippen molar-refractivity contribution in [2.75, 3.05) is 24.5 Å². The van der Waals surface area contributed by atoms with Crippen LogP contribution < -0.4 is 4.90 Å². The molecule has 1 unspecified atom stereocenters. The second kappa shape index (κ2) is 9.51. The predicted octanol–water partition coefficient (Wildman–Crippen LogP) is 6.15. The molecule has 6 nitrogen and oxygen atoms in total. The van der Waals surface area contributed by atoms with Gasteiger partial charge in [0.05, 0.1) is 11.9 Å². The number of fused-ring (bicyclic) bond motifs is 3. The zero-order valence-corrected chi connectivity index (χ0v) is 21.6. The van der Waals surface area contributed by atoms with Crippen molar-refractivity contribution in [1.29, 1.82) is 0 Å². The van der Waals surface area contributed by atoms with Gasteiger partial charge in [-0.25, -0.2) is 19.4 Å². The van der Waals surface area contributed by atoms with E-state index in [1.54, 1.807) is 6.20 Å². The van der Waals surface area contributed by atoms with Crippen molar-refractivity contribution in [3.8, 4) is 11.3 Å². The number of rotatable bonds is 1. The highest BCUT2D eigenvalue weighted by atomic mass is 35.5. The molecule has 0 aliphatic carbocycles. The van der Waals surface area contributed by atoms with Crippen LogP contribution in [0.15, 0.2) is 28.3 Å². The van der Waals surface area contributed by atoms with E-state index in [-0.39, 0.29) is 0 Å². The molecule has 36 heavy (non-hydrogen) atoms. The summed E-state index contributed by atoms with van der Waals surface area (Å²) in [6.07, 6.45) is 7.88. The molecular formula is C28H30ClFN6. The van der Waals surface area contributed by atoms with Crippen molar-refractivity contribution in [3.05, 3.63) is 46.1 Å². The Kier molecular flexibility index (Phi) is 6.20. The van der Waals surface area contributed by atoms with Crippen LogP contribution >= 0.6 is 11.6 Å². The van der Waals surface area contributed by atoms with Gasteiger partial charge in [0.15, 0.2) is 5.82 Å². The second-order valence-corrected chi connectivity index (χ2v) is 10.6. The van der Waals surface area contributed by atoms with Crippen molar-refractivity contribution in [3.63, 3.8) is 0 Å². The molecule has 0 radical (unpaired) electrons. The summed E-state index contributed by atoms with van der Waals surface area (Å²) in [7, 11) is 0. The van der Waals surface area contributed by atoms with E-state index in [1.165, 1.54) is 0 Å². The lowest BCUT2D eigenvalue weighted by molar-refractivity contribution is 0.424. The van der Waals surface area contributed by atoms with Crippen LogP contribution in [-0.4, -0.2) is 46.1 Å². The lowest BCUT2D eigenvalue weighted by atomic mass is 9.94. The van der Waals surface area contributed by atoms with Crippen LogP contribution in [0.1, 0.15) is 56.0 Å². The highest BCUT2D eigenvalue weighted by Gasteiger charge is 2.27. The summed E-state index contributed by atoms with van der Waals surface area (Å²) in [6.45, 7) is 6.39. The van der Waals surface area contributed by atoms with E-state index in [1.807, 2.05) is 26.0 Å². The molecule has 1 fully saturated rings. The number of nitrogens with zero attached hydrogens (tertiary/aromatic N) is 6. The molecule has 4 aliphatic rings. The highest BCUT2D eigenvalue weighted by Crippen LogP contribution is 2.37. The minimum atomic E-state index is -0.399. The number of aliphatic imine (C=N–C) groups is 2. The Morgan fingerprint density at radius 1 is 1.17 bits per heavy atom. The first-order valence-corrected chi connectivity index (χ1v) is 13.4. The smallest absolute Gasteiger partial charge is 0.175 e. The molecule has 0 N–H and O–H groups in total. The van der Waals surface area contributed by atoms with E-state index in [2.05, 4.69) is 14.9 Å². The molecule has 186 valence electrons. The van der Waals surface area contributed by atoms with Gasteiger partial charge in [0.2, 0.25) is 0 Å². The van der Waals surface area contributed by atoms with E-state index >= 15 is 4.39 Å². The quantitative estimate of drug-likeness (QED) is 0.398. The molecule has 6 heterocycles. The third-order valence-electron chi connectivity index (χ3n) is 7.53. The van der Waals surface area contributed by atoms with E-state index in [9.17, 15) is 0 Å². The molecule has 1 atom stereocenters. The first kappa shape index (κ1) is 23.5. The maximum absolute atomic E-state index is 16.3. The Hall–Kier alpha value is -2.93. The first-order valence-electron chi connectivity index (χ1n) is 13.0. The molecule has 0 spiro atoms. The minimum absolute atomic E-state index is 0.305. The molecule has 8 bridgehead atoms. The van der Waals surface area contributed by atoms with Gasteiger partial charge in [0.1, 0.15) is 28.7 Å². The molecular weight excluding hydrogens is 475 g/mol. The zero-order valence-electron chi connectivity index (χ0n) is 20.8. The van der Waals surface area contributed by atoms with Crippen molar-refractivity contribution in [2.24, 2.45) is 15.9 Å². The van der Waals surface area contributed by atoms with Gasteiger partial charge in [-0.05, 0) is 68.2 Å². The van der Waals surface area contributed by atoms with Crippen LogP contribution in [0.25, 0.3) is 22.2 Å². The fraction of sp³-hybridized carbons (Fsp3) is 0.464. The number of benzene rings is 1. The monoisotopic (exact) mass is 504 g/mol. The van der Waals surface area contributed by atoms with Crippen LogP contribution in [-0.2, 0) is 12.8 Å². The van der Waals surface area contributed by atoms with Gasteiger partial charge in [0.25, 0.3) is 0 Å². The standard InChI is InChI=1S/C28H30ClFN6/c1-3-23-34-27-21-14-32-26(25(27)30)20-10-16(2)11-22(29)19(20)8-4-7-18-13-31-24(33-18)12-17-6-5-9-36(15-17)28(21)35-23/h10-11,14,17H,3-9,12-13,15H2,1-2H3. The molecule has 8 heteroatoms. The van der Waals surface area contributed by atoms with Crippen LogP contribution in [0.3, 0.4) is 0 Å². The number of hydrogen-bond acceptors (Lipinski definition) is 6. The molecule has 7 rings (SSSR count). The summed E-state index contributed by atoms with van der Waals surface area (Å²) in [4.78, 5) is 26.1. The van der Waals surface area contributed by atoms with Crippen LogP contribution in [0.5, 0.6) is 0 Å². The Balaban J connectivity index is 1.56. The van der Waals surface area contributed by atoms with Crippen LogP contribution in [0, 0.1) is 18.7 Å². The Bertz CT molecular complexity index is 1420. The van der Waals surface area contributed by atoms with E-state index < -0.39 is 5.82 Å². The lowest BCUT2D eigenvalue weighted by Gasteiger charge is -2.34. The van der Waals surface area contributed by atoms with Gasteiger partial charge < -0.3 is 4.90 Å². The third-order valence-corrected chi connectivity index (χ3v) is 7.87. The first-order chi connectivity index (χ1) is 17.5. The van der Waals surface area contributed by atoms with Gasteiger partial charge in [-0.15, -0.1) is 0 Å². The molecule has 0 saturated carbocycles. The van der Waals surface area contributed by atoms with Gasteiger partial charge >= 0.3 is 0 Å². The van der Waals surface area contributed by atoms with Crippen molar-refractivity contribution >= 4 is 39.9 Å². The number of pyridine rings is 1. The molecule has 4 aliphatic heterocycles. The van der Waals surface area contributed by atoms with E-state index in [0.29, 0.717) is 52.7 Å². The topological polar surface area (TPSA) is 66.6 Å². The molecule has 2 aromatic heterocycles. The number of aromatic nitrogens is 3. The zero-order chi connectivity index (χ0) is 24.8. The number of amidine groups is 1. The van der Waals surface area contributed by atoms with E-state index in [4.69, 9.17) is 26.6 Å². The summed E-state index contributed by atoms with van der Waals surface area (Å²) >= 11 is 6.73. The fourth-order valence-corrected chi connectivity index (χ4v) is 6.11. The summed E-state index contributed by atoms with van der Waals surface area (Å²) in [6, 6.07) is 3.93. The average molecular weight is 505 g/mol. The molecule has 1 saturated heterocycles. The normalized spacial score (nSPS) is 19.9. The highest BCUT2D eigenvalue weighted by molar-refractivity contribution is 6.31. The Labute approximate surface area is 215 Å². The summed E-state index contributed by atoms with van der Waals surface area (Å²) < 4.78 is 16.3. The third kappa shape index (κ3) is 4.27. The maximum atomic E-state index is 16.3. The summed E-state index contributed by atoms with van der Waals surface area (Å²) in [5.74, 6) is 2.43. The van der Waals surface area contributed by atoms with Gasteiger partial charge in [-0.3, -0.25) is 9.98 Å². The summed E-state index contributed by atoms with van der Waals surface area (Å²) in [5.41, 5.74) is 4.40. The van der Waals surface area contributed by atoms with Crippen LogP contribution in [0.4, 0.5) is 10.2 Å². The molecule has 0 amide bonds. The SMILES string of the molecule is CCc1nc2c3cnc(c(F)c3n1)-c1cc(C)cc(Cl)c1CCCC1=NC(=NC1)CC1CCCN2C1. The summed E-state index contributed by atoms with van der Waals surface area (Å²) in [5, 5.41) is 1.31.